The maximum atomic E-state index is 5.38. The Hall–Kier alpha value is -2.52. The van der Waals surface area contributed by atoms with Crippen molar-refractivity contribution in [2.45, 2.75) is 45.4 Å². The van der Waals surface area contributed by atoms with E-state index >= 15 is 0 Å². The van der Waals surface area contributed by atoms with Crippen molar-refractivity contribution in [3.05, 3.63) is 59.7 Å². The molecular formula is C27H32N2O. The van der Waals surface area contributed by atoms with Crippen molar-refractivity contribution in [3.63, 3.8) is 0 Å². The predicted molar refractivity (Wildman–Crippen MR) is 126 cm³/mol. The van der Waals surface area contributed by atoms with Crippen molar-refractivity contribution in [1.29, 1.82) is 0 Å². The number of ether oxygens (including phenoxy) is 1. The highest BCUT2D eigenvalue weighted by Gasteiger charge is 2.20. The molecule has 5 rings (SSSR count). The van der Waals surface area contributed by atoms with Crippen molar-refractivity contribution < 1.29 is 4.74 Å². The van der Waals surface area contributed by atoms with Crippen molar-refractivity contribution in [2.75, 3.05) is 26.7 Å². The van der Waals surface area contributed by atoms with Gasteiger partial charge in [0.2, 0.25) is 0 Å². The van der Waals surface area contributed by atoms with Gasteiger partial charge in [0.05, 0.1) is 18.1 Å². The predicted octanol–water partition coefficient (Wildman–Crippen LogP) is 6.19. The molecule has 0 bridgehead atoms. The molecular weight excluding hydrogens is 368 g/mol. The molecule has 0 aliphatic carbocycles. The number of piperidine rings is 1. The average Bonchev–Trinajstić information content (AvgIpc) is 3.32. The van der Waals surface area contributed by atoms with Crippen LogP contribution in [-0.2, 0) is 12.8 Å². The average molecular weight is 401 g/mol. The molecule has 0 saturated carbocycles. The molecule has 156 valence electrons. The highest BCUT2D eigenvalue weighted by Crippen LogP contribution is 2.39. The Balaban J connectivity index is 1.51. The quantitative estimate of drug-likeness (QED) is 0.368. The molecule has 3 aromatic heterocycles. The van der Waals surface area contributed by atoms with Gasteiger partial charge in [0.25, 0.3) is 0 Å². The zero-order valence-corrected chi connectivity index (χ0v) is 18.3. The van der Waals surface area contributed by atoms with Crippen LogP contribution in [0, 0.1) is 0 Å². The molecule has 0 radical (unpaired) electrons. The van der Waals surface area contributed by atoms with Gasteiger partial charge in [0, 0.05) is 11.1 Å². The van der Waals surface area contributed by atoms with Gasteiger partial charge in [-0.05, 0) is 98.8 Å². The van der Waals surface area contributed by atoms with Crippen LogP contribution in [0.4, 0.5) is 0 Å². The van der Waals surface area contributed by atoms with Gasteiger partial charge in [-0.15, -0.1) is 0 Å². The maximum Gasteiger partial charge on any atom is 0.118 e. The third kappa shape index (κ3) is 3.35. The van der Waals surface area contributed by atoms with Crippen LogP contribution in [0.15, 0.2) is 48.5 Å². The van der Waals surface area contributed by atoms with E-state index in [9.17, 15) is 0 Å². The zero-order valence-electron chi connectivity index (χ0n) is 18.3. The van der Waals surface area contributed by atoms with Gasteiger partial charge in [0.15, 0.2) is 0 Å². The number of rotatable bonds is 7. The molecule has 4 aromatic rings. The Labute approximate surface area is 179 Å². The molecule has 3 nitrogen and oxygen atoms in total. The van der Waals surface area contributed by atoms with Crippen LogP contribution in [0.5, 0.6) is 5.75 Å². The number of hydrogen-bond donors (Lipinski definition) is 0. The molecule has 4 heterocycles. The standard InChI is InChI=1S/C27H32N2O/c1-3-23-25-11-7-10-24-21(9-8-18-28-16-5-4-6-17-28)19-26(29(24)25)27(23)20-12-14-22(30-2)15-13-20/h7,10-15,19H,3-6,8-9,16-18H2,1-2H3. The van der Waals surface area contributed by atoms with E-state index in [-0.39, 0.29) is 0 Å². The molecule has 0 unspecified atom stereocenters. The Morgan fingerprint density at radius 1 is 0.900 bits per heavy atom. The molecule has 1 aromatic carbocycles. The van der Waals surface area contributed by atoms with Crippen LogP contribution in [0.1, 0.15) is 43.7 Å². The van der Waals surface area contributed by atoms with E-state index in [0.29, 0.717) is 0 Å². The summed E-state index contributed by atoms with van der Waals surface area (Å²) >= 11 is 0. The van der Waals surface area contributed by atoms with Crippen LogP contribution in [0.25, 0.3) is 27.7 Å². The molecule has 1 aliphatic heterocycles. The Morgan fingerprint density at radius 3 is 2.40 bits per heavy atom. The minimum atomic E-state index is 0.909. The fourth-order valence-corrected chi connectivity index (χ4v) is 5.34. The maximum absolute atomic E-state index is 5.38. The van der Waals surface area contributed by atoms with Gasteiger partial charge in [-0.2, -0.15) is 0 Å². The van der Waals surface area contributed by atoms with Crippen LogP contribution in [-0.4, -0.2) is 36.0 Å². The topological polar surface area (TPSA) is 16.9 Å². The normalized spacial score (nSPS) is 15.4. The lowest BCUT2D eigenvalue weighted by atomic mass is 9.99. The summed E-state index contributed by atoms with van der Waals surface area (Å²) in [5, 5.41) is 0. The largest absolute Gasteiger partial charge is 0.497 e. The first kappa shape index (κ1) is 19.4. The second-order valence-corrected chi connectivity index (χ2v) is 8.63. The molecule has 0 atom stereocenters. The third-order valence-electron chi connectivity index (χ3n) is 6.84. The second kappa shape index (κ2) is 8.31. The van der Waals surface area contributed by atoms with Crippen molar-refractivity contribution in [3.8, 4) is 16.9 Å². The number of methoxy groups -OCH3 is 1. The van der Waals surface area contributed by atoms with E-state index in [2.05, 4.69) is 64.8 Å². The number of aromatic nitrogens is 1. The summed E-state index contributed by atoms with van der Waals surface area (Å²) in [6, 6.07) is 17.8. The molecule has 30 heavy (non-hydrogen) atoms. The molecule has 3 heteroatoms. The highest BCUT2D eigenvalue weighted by atomic mass is 16.5. The Kier molecular flexibility index (Phi) is 5.39. The van der Waals surface area contributed by atoms with E-state index in [1.54, 1.807) is 7.11 Å². The monoisotopic (exact) mass is 400 g/mol. The second-order valence-electron chi connectivity index (χ2n) is 8.63. The van der Waals surface area contributed by atoms with Crippen LogP contribution in [0.2, 0.25) is 0 Å². The van der Waals surface area contributed by atoms with E-state index in [0.717, 1.165) is 18.6 Å². The fraction of sp³-hybridized carbons (Fsp3) is 0.407. The van der Waals surface area contributed by atoms with Crippen LogP contribution in [0.3, 0.4) is 0 Å². The SMILES string of the molecule is CCc1c(-c2ccc(OC)cc2)c2cc(CCCN3CCCCC3)c3cccc1n32. The third-order valence-corrected chi connectivity index (χ3v) is 6.84. The molecule has 0 N–H and O–H groups in total. The van der Waals surface area contributed by atoms with Crippen molar-refractivity contribution in [1.82, 2.24) is 9.30 Å². The fourth-order valence-electron chi connectivity index (χ4n) is 5.34. The highest BCUT2D eigenvalue weighted by molar-refractivity contribution is 5.96. The molecule has 1 aliphatic rings. The van der Waals surface area contributed by atoms with E-state index < -0.39 is 0 Å². The van der Waals surface area contributed by atoms with Gasteiger partial charge in [0.1, 0.15) is 5.75 Å². The lowest BCUT2D eigenvalue weighted by Gasteiger charge is -2.26. The summed E-state index contributed by atoms with van der Waals surface area (Å²) < 4.78 is 7.87. The number of nitrogens with zero attached hydrogens (tertiary/aromatic N) is 2. The van der Waals surface area contributed by atoms with Crippen LogP contribution < -0.4 is 4.74 Å². The van der Waals surface area contributed by atoms with E-state index in [4.69, 9.17) is 4.74 Å². The number of aryl methyl sites for hydroxylation is 2. The van der Waals surface area contributed by atoms with Gasteiger partial charge in [-0.3, -0.25) is 0 Å². The van der Waals surface area contributed by atoms with Crippen molar-refractivity contribution >= 4 is 16.6 Å². The number of pyridine rings is 1. The minimum absolute atomic E-state index is 0.909. The van der Waals surface area contributed by atoms with Gasteiger partial charge >= 0.3 is 0 Å². The molecule has 1 saturated heterocycles. The molecule has 0 spiro atoms. The summed E-state index contributed by atoms with van der Waals surface area (Å²) in [6.07, 6.45) is 7.59. The summed E-state index contributed by atoms with van der Waals surface area (Å²) in [4.78, 5) is 2.65. The summed E-state index contributed by atoms with van der Waals surface area (Å²) in [6.45, 7) is 6.07. The van der Waals surface area contributed by atoms with Gasteiger partial charge < -0.3 is 14.0 Å². The van der Waals surface area contributed by atoms with E-state index in [1.807, 2.05) is 0 Å². The zero-order chi connectivity index (χ0) is 20.5. The lowest BCUT2D eigenvalue weighted by molar-refractivity contribution is 0.226. The first-order chi connectivity index (χ1) is 14.8. The smallest absolute Gasteiger partial charge is 0.118 e. The number of likely N-dealkylation sites (tertiary alicyclic amines) is 1. The first-order valence-corrected chi connectivity index (χ1v) is 11.5. The molecule has 0 amide bonds. The number of hydrogen-bond acceptors (Lipinski definition) is 2. The first-order valence-electron chi connectivity index (χ1n) is 11.5. The minimum Gasteiger partial charge on any atom is -0.497 e. The molecule has 1 fully saturated rings. The van der Waals surface area contributed by atoms with Crippen LogP contribution >= 0.6 is 0 Å². The summed E-state index contributed by atoms with van der Waals surface area (Å²) in [7, 11) is 1.73. The van der Waals surface area contributed by atoms with Gasteiger partial charge in [-0.25, -0.2) is 0 Å². The summed E-state index contributed by atoms with van der Waals surface area (Å²) in [5.41, 5.74) is 9.71. The lowest BCUT2D eigenvalue weighted by Crippen LogP contribution is -2.30. The van der Waals surface area contributed by atoms with Gasteiger partial charge in [-0.1, -0.05) is 31.5 Å². The van der Waals surface area contributed by atoms with E-state index in [1.165, 1.54) is 84.1 Å². The van der Waals surface area contributed by atoms with Crippen molar-refractivity contribution in [2.24, 2.45) is 0 Å². The Bertz CT molecular complexity index is 1120. The number of benzene rings is 1. The summed E-state index contributed by atoms with van der Waals surface area (Å²) in [5.74, 6) is 0.909. The Morgan fingerprint density at radius 2 is 1.67 bits per heavy atom.